The van der Waals surface area contributed by atoms with Gasteiger partial charge in [-0.15, -0.1) is 0 Å². The first-order chi connectivity index (χ1) is 11.8. The quantitative estimate of drug-likeness (QED) is 0.703. The van der Waals surface area contributed by atoms with Crippen LogP contribution in [-0.2, 0) is 9.59 Å². The van der Waals surface area contributed by atoms with Crippen molar-refractivity contribution in [2.75, 3.05) is 13.2 Å². The molecule has 0 saturated heterocycles. The summed E-state index contributed by atoms with van der Waals surface area (Å²) in [5.74, 6) is -1.57. The van der Waals surface area contributed by atoms with Gasteiger partial charge < -0.3 is 19.7 Å². The Labute approximate surface area is 157 Å². The Morgan fingerprint density at radius 2 is 1.48 bits per heavy atom. The van der Waals surface area contributed by atoms with Gasteiger partial charge in [0.2, 0.25) is 5.88 Å². The molecule has 0 radical (unpaired) electrons. The van der Waals surface area contributed by atoms with Crippen molar-refractivity contribution >= 4 is 46.7 Å². The number of rotatable bonds is 6. The van der Waals surface area contributed by atoms with E-state index < -0.39 is 18.5 Å². The predicted octanol–water partition coefficient (Wildman–Crippen LogP) is 3.66. The minimum absolute atomic E-state index is 0.0106. The van der Waals surface area contributed by atoms with Gasteiger partial charge in [0.15, 0.2) is 18.4 Å². The third-order valence-corrected chi connectivity index (χ3v) is 3.24. The second-order valence-corrected chi connectivity index (χ2v) is 5.40. The fourth-order valence-corrected chi connectivity index (χ4v) is 1.87. The molecule has 0 atom stereocenters. The van der Waals surface area contributed by atoms with Crippen LogP contribution in [0.25, 0.3) is 0 Å². The molecule has 2 N–H and O–H groups in total. The topological polar surface area (TPSA) is 106 Å². The maximum Gasteiger partial charge on any atom is 0.341 e. The van der Waals surface area contributed by atoms with Crippen molar-refractivity contribution in [3.05, 3.63) is 51.6 Å². The van der Waals surface area contributed by atoms with Crippen LogP contribution in [0.2, 0.25) is 15.2 Å². The normalized spacial score (nSPS) is 9.56. The van der Waals surface area contributed by atoms with Crippen LogP contribution in [0.15, 0.2) is 36.4 Å². The van der Waals surface area contributed by atoms with Gasteiger partial charge in [-0.3, -0.25) is 0 Å². The second-order valence-electron chi connectivity index (χ2n) is 4.23. The first-order valence-electron chi connectivity index (χ1n) is 6.55. The molecule has 25 heavy (non-hydrogen) atoms. The van der Waals surface area contributed by atoms with Crippen molar-refractivity contribution in [1.29, 1.82) is 0 Å². The van der Waals surface area contributed by atoms with Gasteiger partial charge in [0, 0.05) is 0 Å². The number of pyridine rings is 1. The van der Waals surface area contributed by atoms with Crippen LogP contribution in [0.3, 0.4) is 0 Å². The number of benzene rings is 1. The Morgan fingerprint density at radius 3 is 2.04 bits per heavy atom. The van der Waals surface area contributed by atoms with Crippen LogP contribution in [0.4, 0.5) is 0 Å². The minimum atomic E-state index is -1.13. The molecule has 134 valence electrons. The smallest absolute Gasteiger partial charge is 0.341 e. The molecule has 0 bridgehead atoms. The molecular formula is C15H12Cl3NO6. The van der Waals surface area contributed by atoms with E-state index in [9.17, 15) is 9.59 Å². The molecule has 1 heterocycles. The number of aromatic nitrogens is 1. The highest BCUT2D eigenvalue weighted by molar-refractivity contribution is 6.42. The van der Waals surface area contributed by atoms with Crippen molar-refractivity contribution in [3.8, 4) is 11.6 Å². The Hall–Kier alpha value is -2.22. The van der Waals surface area contributed by atoms with Crippen molar-refractivity contribution < 1.29 is 29.3 Å². The monoisotopic (exact) mass is 407 g/mol. The number of ether oxygens (including phenoxy) is 2. The summed E-state index contributed by atoms with van der Waals surface area (Å²) in [6.07, 6.45) is 0. The summed E-state index contributed by atoms with van der Waals surface area (Å²) in [7, 11) is 0. The minimum Gasteiger partial charge on any atom is -0.482 e. The van der Waals surface area contributed by atoms with E-state index in [0.717, 1.165) is 0 Å². The van der Waals surface area contributed by atoms with Crippen LogP contribution in [0, 0.1) is 0 Å². The molecule has 0 saturated carbocycles. The summed E-state index contributed by atoms with van der Waals surface area (Å²) >= 11 is 16.8. The van der Waals surface area contributed by atoms with Gasteiger partial charge in [-0.25, -0.2) is 9.59 Å². The number of nitrogens with zero attached hydrogens (tertiary/aromatic N) is 1. The molecule has 1 aromatic carbocycles. The van der Waals surface area contributed by atoms with E-state index in [0.29, 0.717) is 5.75 Å². The predicted molar refractivity (Wildman–Crippen MR) is 92.0 cm³/mol. The van der Waals surface area contributed by atoms with E-state index in [1.54, 1.807) is 24.3 Å². The van der Waals surface area contributed by atoms with Crippen molar-refractivity contribution in [2.45, 2.75) is 0 Å². The van der Waals surface area contributed by atoms with Gasteiger partial charge in [0.25, 0.3) is 0 Å². The molecule has 10 heteroatoms. The lowest BCUT2D eigenvalue weighted by atomic mass is 10.3. The third kappa shape index (κ3) is 8.44. The largest absolute Gasteiger partial charge is 0.482 e. The van der Waals surface area contributed by atoms with Crippen molar-refractivity contribution in [3.63, 3.8) is 0 Å². The Morgan fingerprint density at radius 1 is 0.920 bits per heavy atom. The number of halogens is 3. The maximum atomic E-state index is 10.2. The lowest BCUT2D eigenvalue weighted by molar-refractivity contribution is -0.140. The molecule has 2 aromatic rings. The summed E-state index contributed by atoms with van der Waals surface area (Å²) in [4.78, 5) is 23.9. The zero-order chi connectivity index (χ0) is 18.8. The van der Waals surface area contributed by atoms with Gasteiger partial charge >= 0.3 is 11.9 Å². The lowest BCUT2D eigenvalue weighted by Crippen LogP contribution is -2.10. The average Bonchev–Trinajstić information content (AvgIpc) is 2.56. The van der Waals surface area contributed by atoms with Crippen molar-refractivity contribution in [1.82, 2.24) is 4.98 Å². The van der Waals surface area contributed by atoms with Crippen molar-refractivity contribution in [2.24, 2.45) is 0 Å². The van der Waals surface area contributed by atoms with E-state index in [1.807, 2.05) is 6.07 Å². The molecule has 2 rings (SSSR count). The number of carboxylic acid groups (broad SMARTS) is 2. The van der Waals surface area contributed by atoms with Crippen LogP contribution >= 0.6 is 34.8 Å². The molecule has 0 aliphatic heterocycles. The average molecular weight is 409 g/mol. The highest BCUT2D eigenvalue weighted by atomic mass is 35.5. The third-order valence-electron chi connectivity index (χ3n) is 2.29. The van der Waals surface area contributed by atoms with E-state index >= 15 is 0 Å². The van der Waals surface area contributed by atoms with Gasteiger partial charge in [-0.1, -0.05) is 53.0 Å². The number of carboxylic acids is 2. The van der Waals surface area contributed by atoms with Gasteiger partial charge in [-0.05, 0) is 18.2 Å². The molecular weight excluding hydrogens is 397 g/mol. The highest BCUT2D eigenvalue weighted by Gasteiger charge is 2.10. The van der Waals surface area contributed by atoms with E-state index in [4.69, 9.17) is 54.5 Å². The Bertz CT molecular complexity index is 727. The maximum absolute atomic E-state index is 10.2. The molecule has 0 spiro atoms. The van der Waals surface area contributed by atoms with Crippen LogP contribution in [0.1, 0.15) is 0 Å². The molecule has 0 aliphatic rings. The van der Waals surface area contributed by atoms with Crippen LogP contribution in [0.5, 0.6) is 11.6 Å². The first kappa shape index (κ1) is 20.8. The first-order valence-corrected chi connectivity index (χ1v) is 7.68. The fraction of sp³-hybridized carbons (Fsp3) is 0.133. The van der Waals surface area contributed by atoms with Gasteiger partial charge in [0.1, 0.15) is 10.8 Å². The standard InChI is InChI=1S/C8H8O3.C7H4Cl3NO3/c9-8(10)6-11-7-4-2-1-3-5-7;8-3-1-4(9)7(11-6(3)10)14-2-5(12)13/h1-5H,6H2,(H,9,10);1H,2H2,(H,12,13). The SMILES string of the molecule is O=C(O)COc1ccccc1.O=C(O)COc1nc(Cl)c(Cl)cc1Cl. The molecule has 0 fully saturated rings. The summed E-state index contributed by atoms with van der Waals surface area (Å²) in [5, 5.41) is 16.9. The molecule has 0 aliphatic carbocycles. The highest BCUT2D eigenvalue weighted by Crippen LogP contribution is 2.30. The zero-order valence-electron chi connectivity index (χ0n) is 12.5. The molecule has 0 amide bonds. The summed E-state index contributed by atoms with van der Waals surface area (Å²) in [6.45, 7) is -0.825. The summed E-state index contributed by atoms with van der Waals surface area (Å²) in [5.41, 5.74) is 0. The molecule has 0 unspecified atom stereocenters. The molecule has 7 nitrogen and oxygen atoms in total. The Kier molecular flexibility index (Phi) is 8.83. The van der Waals surface area contributed by atoms with Gasteiger partial charge in [0.05, 0.1) is 5.02 Å². The summed E-state index contributed by atoms with van der Waals surface area (Å²) in [6, 6.07) is 10.2. The second kappa shape index (κ2) is 10.6. The van der Waals surface area contributed by atoms with E-state index in [1.165, 1.54) is 6.07 Å². The molecule has 1 aromatic heterocycles. The number of carbonyl (C=O) groups is 2. The zero-order valence-corrected chi connectivity index (χ0v) is 14.8. The Balaban J connectivity index is 0.000000257. The van der Waals surface area contributed by atoms with Crippen LogP contribution in [-0.4, -0.2) is 40.3 Å². The van der Waals surface area contributed by atoms with E-state index in [-0.39, 0.29) is 27.7 Å². The fourth-order valence-electron chi connectivity index (χ4n) is 1.32. The summed E-state index contributed by atoms with van der Waals surface area (Å²) < 4.78 is 9.62. The number of hydrogen-bond acceptors (Lipinski definition) is 5. The van der Waals surface area contributed by atoms with Crippen LogP contribution < -0.4 is 9.47 Å². The lowest BCUT2D eigenvalue weighted by Gasteiger charge is -2.05. The number of hydrogen-bond donors (Lipinski definition) is 2. The van der Waals surface area contributed by atoms with E-state index in [2.05, 4.69) is 4.98 Å². The van der Waals surface area contributed by atoms with Gasteiger partial charge in [-0.2, -0.15) is 4.98 Å². The number of aliphatic carboxylic acids is 2. The number of para-hydroxylation sites is 1.